The van der Waals surface area contributed by atoms with Gasteiger partial charge in [0.05, 0.1) is 18.6 Å². The first-order chi connectivity index (χ1) is 7.65. The van der Waals surface area contributed by atoms with E-state index in [0.717, 1.165) is 0 Å². The summed E-state index contributed by atoms with van der Waals surface area (Å²) < 4.78 is 10.9. The molecular weight excluding hydrogens is 204 g/mol. The van der Waals surface area contributed by atoms with Crippen LogP contribution in [0.25, 0.3) is 0 Å². The molecule has 1 aliphatic heterocycles. The SMILES string of the molecule is COC1C2CC(C3COC(=O)C32)C1C(C)C. The Morgan fingerprint density at radius 2 is 2.06 bits per heavy atom. The third-order valence-electron chi connectivity index (χ3n) is 5.04. The highest BCUT2D eigenvalue weighted by Crippen LogP contribution is 2.60. The van der Waals surface area contributed by atoms with Crippen LogP contribution in [0, 0.1) is 35.5 Å². The van der Waals surface area contributed by atoms with Gasteiger partial charge in [-0.2, -0.15) is 0 Å². The lowest BCUT2D eigenvalue weighted by atomic mass is 9.70. The maximum Gasteiger partial charge on any atom is 0.309 e. The van der Waals surface area contributed by atoms with Gasteiger partial charge in [0.15, 0.2) is 0 Å². The van der Waals surface area contributed by atoms with Gasteiger partial charge in [0.1, 0.15) is 0 Å². The van der Waals surface area contributed by atoms with Crippen LogP contribution in [0.2, 0.25) is 0 Å². The number of hydrogen-bond acceptors (Lipinski definition) is 3. The van der Waals surface area contributed by atoms with E-state index in [9.17, 15) is 4.79 Å². The maximum absolute atomic E-state index is 11.7. The van der Waals surface area contributed by atoms with Gasteiger partial charge in [0.25, 0.3) is 0 Å². The molecule has 0 aromatic rings. The number of ether oxygens (including phenoxy) is 2. The van der Waals surface area contributed by atoms with Crippen molar-refractivity contribution in [1.82, 2.24) is 0 Å². The van der Waals surface area contributed by atoms with E-state index in [4.69, 9.17) is 9.47 Å². The first-order valence-electron chi connectivity index (χ1n) is 6.34. The minimum atomic E-state index is 0.0294. The van der Waals surface area contributed by atoms with Crippen LogP contribution in [0.15, 0.2) is 0 Å². The van der Waals surface area contributed by atoms with Crippen molar-refractivity contribution in [2.24, 2.45) is 35.5 Å². The number of rotatable bonds is 2. The van der Waals surface area contributed by atoms with Crippen LogP contribution in [-0.2, 0) is 14.3 Å². The Hall–Kier alpha value is -0.570. The zero-order valence-corrected chi connectivity index (χ0v) is 10.2. The number of fused-ring (bicyclic) bond motifs is 5. The monoisotopic (exact) mass is 224 g/mol. The van der Waals surface area contributed by atoms with Gasteiger partial charge in [-0.15, -0.1) is 0 Å². The zero-order chi connectivity index (χ0) is 11.4. The molecule has 3 fully saturated rings. The predicted octanol–water partition coefficient (Wildman–Crippen LogP) is 1.71. The number of methoxy groups -OCH3 is 1. The summed E-state index contributed by atoms with van der Waals surface area (Å²) in [5.74, 6) is 2.97. The van der Waals surface area contributed by atoms with Crippen LogP contribution >= 0.6 is 0 Å². The lowest BCUT2D eigenvalue weighted by Crippen LogP contribution is -2.42. The van der Waals surface area contributed by atoms with Gasteiger partial charge in [-0.3, -0.25) is 4.79 Å². The normalized spacial score (nSPS) is 49.9. The average Bonchev–Trinajstić information content (AvgIpc) is 2.87. The lowest BCUT2D eigenvalue weighted by Gasteiger charge is -2.37. The highest BCUT2D eigenvalue weighted by Gasteiger charge is 2.63. The Bertz CT molecular complexity index is 312. The molecule has 2 aliphatic carbocycles. The summed E-state index contributed by atoms with van der Waals surface area (Å²) in [5.41, 5.74) is 0. The van der Waals surface area contributed by atoms with Crippen molar-refractivity contribution in [3.8, 4) is 0 Å². The average molecular weight is 224 g/mol. The molecule has 2 bridgehead atoms. The van der Waals surface area contributed by atoms with Crippen LogP contribution in [0.3, 0.4) is 0 Å². The predicted molar refractivity (Wildman–Crippen MR) is 58.7 cm³/mol. The largest absolute Gasteiger partial charge is 0.465 e. The molecule has 2 saturated carbocycles. The summed E-state index contributed by atoms with van der Waals surface area (Å²) in [6.07, 6.45) is 1.45. The highest BCUT2D eigenvalue weighted by molar-refractivity contribution is 5.76. The fourth-order valence-corrected chi connectivity index (χ4v) is 4.59. The minimum Gasteiger partial charge on any atom is -0.465 e. The smallest absolute Gasteiger partial charge is 0.309 e. The summed E-state index contributed by atoms with van der Waals surface area (Å²) >= 11 is 0. The number of cyclic esters (lactones) is 1. The van der Waals surface area contributed by atoms with Crippen molar-refractivity contribution >= 4 is 5.97 Å². The van der Waals surface area contributed by atoms with E-state index in [1.165, 1.54) is 6.42 Å². The number of esters is 1. The zero-order valence-electron chi connectivity index (χ0n) is 10.2. The quantitative estimate of drug-likeness (QED) is 0.670. The molecule has 6 atom stereocenters. The number of carbonyl (C=O) groups excluding carboxylic acids is 1. The van der Waals surface area contributed by atoms with E-state index in [0.29, 0.717) is 36.2 Å². The Morgan fingerprint density at radius 3 is 2.69 bits per heavy atom. The molecule has 6 unspecified atom stereocenters. The van der Waals surface area contributed by atoms with Gasteiger partial charge in [-0.25, -0.2) is 0 Å². The molecule has 0 N–H and O–H groups in total. The second kappa shape index (κ2) is 3.46. The van der Waals surface area contributed by atoms with Gasteiger partial charge >= 0.3 is 5.97 Å². The van der Waals surface area contributed by atoms with Gasteiger partial charge < -0.3 is 9.47 Å². The molecule has 0 aromatic carbocycles. The second-order valence-corrected chi connectivity index (χ2v) is 5.90. The highest BCUT2D eigenvalue weighted by atomic mass is 16.5. The molecule has 1 heterocycles. The molecule has 90 valence electrons. The van der Waals surface area contributed by atoms with Crippen molar-refractivity contribution in [3.05, 3.63) is 0 Å². The minimum absolute atomic E-state index is 0.0294. The molecule has 3 rings (SSSR count). The van der Waals surface area contributed by atoms with Gasteiger partial charge in [-0.1, -0.05) is 13.8 Å². The first-order valence-corrected chi connectivity index (χ1v) is 6.34. The fraction of sp³-hybridized carbons (Fsp3) is 0.923. The summed E-state index contributed by atoms with van der Waals surface area (Å²) in [5, 5.41) is 0. The number of hydrogen-bond donors (Lipinski definition) is 0. The standard InChI is InChI=1S/C13H20O3/c1-6(2)10-7-4-8(12(10)15-3)11-9(7)5-16-13(11)14/h6-12H,4-5H2,1-3H3. The molecule has 0 radical (unpaired) electrons. The van der Waals surface area contributed by atoms with Crippen LogP contribution in [0.5, 0.6) is 0 Å². The topological polar surface area (TPSA) is 35.5 Å². The van der Waals surface area contributed by atoms with E-state index < -0.39 is 0 Å². The van der Waals surface area contributed by atoms with E-state index in [1.807, 2.05) is 0 Å². The van der Waals surface area contributed by atoms with Gasteiger partial charge in [-0.05, 0) is 30.1 Å². The first kappa shape index (κ1) is 10.6. The lowest BCUT2D eigenvalue weighted by molar-refractivity contribution is -0.144. The maximum atomic E-state index is 11.7. The number of carbonyl (C=O) groups is 1. The molecule has 3 aliphatic rings. The summed E-state index contributed by atoms with van der Waals surface area (Å²) in [7, 11) is 1.79. The Kier molecular flexibility index (Phi) is 2.29. The molecule has 3 heteroatoms. The van der Waals surface area contributed by atoms with Gasteiger partial charge in [0, 0.05) is 13.0 Å². The van der Waals surface area contributed by atoms with Crippen LogP contribution in [-0.4, -0.2) is 25.8 Å². The van der Waals surface area contributed by atoms with Crippen LogP contribution < -0.4 is 0 Å². The van der Waals surface area contributed by atoms with E-state index >= 15 is 0 Å². The second-order valence-electron chi connectivity index (χ2n) is 5.90. The molecule has 16 heavy (non-hydrogen) atoms. The molecule has 0 spiro atoms. The van der Waals surface area contributed by atoms with E-state index in [-0.39, 0.29) is 18.0 Å². The van der Waals surface area contributed by atoms with Crippen molar-refractivity contribution in [1.29, 1.82) is 0 Å². The molecule has 0 aromatic heterocycles. The van der Waals surface area contributed by atoms with Crippen LogP contribution in [0.1, 0.15) is 20.3 Å². The summed E-state index contributed by atoms with van der Waals surface area (Å²) in [6, 6.07) is 0. The van der Waals surface area contributed by atoms with Crippen molar-refractivity contribution in [2.75, 3.05) is 13.7 Å². The Balaban J connectivity index is 1.91. The van der Waals surface area contributed by atoms with Crippen molar-refractivity contribution < 1.29 is 14.3 Å². The van der Waals surface area contributed by atoms with Gasteiger partial charge in [0.2, 0.25) is 0 Å². The molecule has 0 amide bonds. The third-order valence-corrected chi connectivity index (χ3v) is 5.04. The Labute approximate surface area is 96.5 Å². The molecular formula is C13H20O3. The third kappa shape index (κ3) is 1.15. The molecule has 3 nitrogen and oxygen atoms in total. The van der Waals surface area contributed by atoms with Crippen molar-refractivity contribution in [3.63, 3.8) is 0 Å². The van der Waals surface area contributed by atoms with Crippen LogP contribution in [0.4, 0.5) is 0 Å². The summed E-state index contributed by atoms with van der Waals surface area (Å²) in [4.78, 5) is 11.7. The molecule has 1 saturated heterocycles. The van der Waals surface area contributed by atoms with E-state index in [2.05, 4.69) is 13.8 Å². The van der Waals surface area contributed by atoms with Crippen molar-refractivity contribution in [2.45, 2.75) is 26.4 Å². The Morgan fingerprint density at radius 1 is 1.31 bits per heavy atom. The van der Waals surface area contributed by atoms with E-state index in [1.54, 1.807) is 7.11 Å². The fourth-order valence-electron chi connectivity index (χ4n) is 4.59. The summed E-state index contributed by atoms with van der Waals surface area (Å²) in [6.45, 7) is 5.19.